The third-order valence-corrected chi connectivity index (χ3v) is 2.04. The summed E-state index contributed by atoms with van der Waals surface area (Å²) in [5.74, 6) is 0. The topological polar surface area (TPSA) is 26.0 Å². The van der Waals surface area contributed by atoms with Crippen LogP contribution in [0.1, 0.15) is 6.42 Å². The highest BCUT2D eigenvalue weighted by Gasteiger charge is 2.01. The van der Waals surface area contributed by atoms with Gasteiger partial charge in [-0.05, 0) is 12.0 Å². The summed E-state index contributed by atoms with van der Waals surface area (Å²) < 4.78 is 0. The van der Waals surface area contributed by atoms with Crippen LogP contribution in [0.4, 0.5) is 0 Å². The summed E-state index contributed by atoms with van der Waals surface area (Å²) in [5, 5.41) is 0. The van der Waals surface area contributed by atoms with Crippen LogP contribution in [0.3, 0.4) is 0 Å². The predicted molar refractivity (Wildman–Crippen MR) is 43.6 cm³/mol. The van der Waals surface area contributed by atoms with Gasteiger partial charge in [0, 0.05) is 11.4 Å². The maximum absolute atomic E-state index is 5.41. The Labute approximate surface area is 63.8 Å². The van der Waals surface area contributed by atoms with E-state index in [0.717, 1.165) is 6.42 Å². The molecule has 1 unspecified atom stereocenters. The molecule has 2 N–H and O–H groups in total. The molecule has 0 aliphatic heterocycles. The second-order valence-electron chi connectivity index (χ2n) is 2.09. The van der Waals surface area contributed by atoms with Crippen molar-refractivity contribution in [2.24, 2.45) is 5.73 Å². The third-order valence-electron chi connectivity index (χ3n) is 1.36. The second-order valence-corrected chi connectivity index (χ2v) is 3.27. The average Bonchev–Trinajstić information content (AvgIpc) is 1.90. The highest BCUT2D eigenvalue weighted by atomic mass is 79.9. The van der Waals surface area contributed by atoms with Gasteiger partial charge in [-0.25, -0.2) is 0 Å². The minimum Gasteiger partial charge on any atom is -0.327 e. The normalized spacial score (nSPS) is 26.0. The lowest BCUT2D eigenvalue weighted by atomic mass is 10.1. The fraction of sp³-hybridized carbons (Fsp3) is 0.429. The van der Waals surface area contributed by atoms with Crippen LogP contribution in [0, 0.1) is 0 Å². The first kappa shape index (κ1) is 7.03. The van der Waals surface area contributed by atoms with Crippen molar-refractivity contribution in [1.82, 2.24) is 0 Å². The lowest BCUT2D eigenvalue weighted by Crippen LogP contribution is -2.05. The molecule has 1 atom stereocenters. The molecule has 0 spiro atoms. The van der Waals surface area contributed by atoms with Gasteiger partial charge in [-0.15, -0.1) is 0 Å². The molecule has 0 saturated carbocycles. The summed E-state index contributed by atoms with van der Waals surface area (Å²) in [5.41, 5.74) is 6.66. The zero-order valence-electron chi connectivity index (χ0n) is 5.18. The number of halogens is 1. The molecule has 0 heterocycles. The first-order valence-corrected chi connectivity index (χ1v) is 3.96. The lowest BCUT2D eigenvalue weighted by Gasteiger charge is -2.07. The van der Waals surface area contributed by atoms with E-state index in [4.69, 9.17) is 5.73 Å². The van der Waals surface area contributed by atoms with Gasteiger partial charge in [-0.2, -0.15) is 0 Å². The summed E-state index contributed by atoms with van der Waals surface area (Å²) in [6, 6.07) is 0. The van der Waals surface area contributed by atoms with E-state index >= 15 is 0 Å². The summed E-state index contributed by atoms with van der Waals surface area (Å²) >= 11 is 3.47. The zero-order chi connectivity index (χ0) is 6.69. The number of hydrogen-bond donors (Lipinski definition) is 1. The number of nitrogens with two attached hydrogens (primary N) is 1. The van der Waals surface area contributed by atoms with E-state index in [2.05, 4.69) is 34.2 Å². The first-order chi connectivity index (χ1) is 4.33. The number of hydrogen-bond acceptors (Lipinski definition) is 1. The van der Waals surface area contributed by atoms with Crippen molar-refractivity contribution < 1.29 is 0 Å². The monoisotopic (exact) mass is 187 g/mol. The molecule has 0 aromatic rings. The number of rotatable bonds is 1. The Kier molecular flexibility index (Phi) is 2.49. The van der Waals surface area contributed by atoms with Gasteiger partial charge in [-0.3, -0.25) is 0 Å². The minimum absolute atomic E-state index is 0.521. The third kappa shape index (κ3) is 1.95. The summed E-state index contributed by atoms with van der Waals surface area (Å²) in [6.07, 6.45) is 7.44. The fourth-order valence-electron chi connectivity index (χ4n) is 0.790. The van der Waals surface area contributed by atoms with Crippen molar-refractivity contribution in [3.63, 3.8) is 0 Å². The summed E-state index contributed by atoms with van der Waals surface area (Å²) in [4.78, 5) is 0.521. The van der Waals surface area contributed by atoms with E-state index in [1.807, 2.05) is 0 Å². The number of allylic oxidation sites excluding steroid dienone is 2. The van der Waals surface area contributed by atoms with E-state index in [0.29, 0.717) is 11.4 Å². The second kappa shape index (κ2) is 3.18. The van der Waals surface area contributed by atoms with E-state index in [9.17, 15) is 0 Å². The van der Waals surface area contributed by atoms with Gasteiger partial charge in [0.2, 0.25) is 0 Å². The van der Waals surface area contributed by atoms with Crippen molar-refractivity contribution in [2.45, 2.75) is 11.2 Å². The van der Waals surface area contributed by atoms with Crippen LogP contribution in [0.25, 0.3) is 0 Å². The number of alkyl halides is 1. The Morgan fingerprint density at radius 1 is 1.78 bits per heavy atom. The maximum atomic E-state index is 5.41. The molecule has 1 aliphatic carbocycles. The van der Waals surface area contributed by atoms with Gasteiger partial charge in [-0.1, -0.05) is 34.2 Å². The smallest absolute Gasteiger partial charge is 0.0363 e. The van der Waals surface area contributed by atoms with E-state index in [-0.39, 0.29) is 0 Å². The van der Waals surface area contributed by atoms with Gasteiger partial charge in [0.15, 0.2) is 0 Å². The van der Waals surface area contributed by atoms with Crippen molar-refractivity contribution in [1.29, 1.82) is 0 Å². The Bertz CT molecular complexity index is 149. The van der Waals surface area contributed by atoms with Crippen LogP contribution in [-0.2, 0) is 0 Å². The van der Waals surface area contributed by atoms with Crippen LogP contribution >= 0.6 is 15.9 Å². The van der Waals surface area contributed by atoms with Gasteiger partial charge in [0.25, 0.3) is 0 Å². The van der Waals surface area contributed by atoms with Crippen LogP contribution in [0.15, 0.2) is 23.8 Å². The van der Waals surface area contributed by atoms with Crippen LogP contribution in [-0.4, -0.2) is 11.4 Å². The molecule has 0 aromatic carbocycles. The van der Waals surface area contributed by atoms with Gasteiger partial charge in [0.05, 0.1) is 0 Å². The molecule has 0 radical (unpaired) electrons. The standard InChI is InChI=1S/C7H10BrN/c8-7-3-1-6(5-9)2-4-7/h1-3,7H,4-5,9H2. The highest BCUT2D eigenvalue weighted by molar-refractivity contribution is 9.09. The maximum Gasteiger partial charge on any atom is 0.0363 e. The van der Waals surface area contributed by atoms with Gasteiger partial charge in [0.1, 0.15) is 0 Å². The SMILES string of the molecule is NCC1=CCC(Br)C=C1. The Morgan fingerprint density at radius 3 is 3.00 bits per heavy atom. The Balaban J connectivity index is 2.52. The molecule has 1 nitrogen and oxygen atoms in total. The van der Waals surface area contributed by atoms with Crippen LogP contribution in [0.2, 0.25) is 0 Å². The molecule has 50 valence electrons. The van der Waals surface area contributed by atoms with Crippen molar-refractivity contribution in [3.05, 3.63) is 23.8 Å². The van der Waals surface area contributed by atoms with E-state index in [1.165, 1.54) is 5.57 Å². The molecule has 0 fully saturated rings. The molecule has 0 amide bonds. The van der Waals surface area contributed by atoms with Gasteiger partial charge >= 0.3 is 0 Å². The largest absolute Gasteiger partial charge is 0.327 e. The molecule has 1 rings (SSSR count). The lowest BCUT2D eigenvalue weighted by molar-refractivity contribution is 1.02. The van der Waals surface area contributed by atoms with Crippen molar-refractivity contribution in [3.8, 4) is 0 Å². The predicted octanol–water partition coefficient (Wildman–Crippen LogP) is 1.59. The Hall–Kier alpha value is -0.0800. The van der Waals surface area contributed by atoms with Crippen LogP contribution in [0.5, 0.6) is 0 Å². The zero-order valence-corrected chi connectivity index (χ0v) is 6.76. The molecular weight excluding hydrogens is 178 g/mol. The van der Waals surface area contributed by atoms with E-state index in [1.54, 1.807) is 0 Å². The Morgan fingerprint density at radius 2 is 2.56 bits per heavy atom. The van der Waals surface area contributed by atoms with Crippen LogP contribution < -0.4 is 5.73 Å². The van der Waals surface area contributed by atoms with Crippen molar-refractivity contribution in [2.75, 3.05) is 6.54 Å². The van der Waals surface area contributed by atoms with Crippen molar-refractivity contribution >= 4 is 15.9 Å². The summed E-state index contributed by atoms with van der Waals surface area (Å²) in [6.45, 7) is 0.663. The molecule has 0 aromatic heterocycles. The van der Waals surface area contributed by atoms with E-state index < -0.39 is 0 Å². The molecular formula is C7H10BrN. The molecule has 9 heavy (non-hydrogen) atoms. The molecule has 0 bridgehead atoms. The molecule has 0 saturated heterocycles. The average molecular weight is 188 g/mol. The summed E-state index contributed by atoms with van der Waals surface area (Å²) in [7, 11) is 0. The minimum atomic E-state index is 0.521. The quantitative estimate of drug-likeness (QED) is 0.621. The molecule has 2 heteroatoms. The molecule has 1 aliphatic rings. The fourth-order valence-corrected chi connectivity index (χ4v) is 1.13. The highest BCUT2D eigenvalue weighted by Crippen LogP contribution is 2.15. The van der Waals surface area contributed by atoms with Gasteiger partial charge < -0.3 is 5.73 Å². The first-order valence-electron chi connectivity index (χ1n) is 3.04.